The number of hydrogen-bond donors (Lipinski definition) is 1. The predicted octanol–water partition coefficient (Wildman–Crippen LogP) is 2.70. The lowest BCUT2D eigenvalue weighted by atomic mass is 10.1. The van der Waals surface area contributed by atoms with Gasteiger partial charge in [-0.2, -0.15) is 11.8 Å². The van der Waals surface area contributed by atoms with E-state index in [2.05, 4.69) is 43.3 Å². The van der Waals surface area contributed by atoms with E-state index >= 15 is 0 Å². The van der Waals surface area contributed by atoms with E-state index in [0.29, 0.717) is 0 Å². The lowest BCUT2D eigenvalue weighted by Gasteiger charge is -1.95. The Hall–Kier alpha value is -0.730. The molecule has 14 heavy (non-hydrogen) atoms. The molecule has 0 radical (unpaired) electrons. The van der Waals surface area contributed by atoms with E-state index < -0.39 is 0 Å². The molecule has 0 fully saturated rings. The number of hydrogen-bond acceptors (Lipinski definition) is 2. The van der Waals surface area contributed by atoms with Crippen molar-refractivity contribution in [3.05, 3.63) is 41.5 Å². The first kappa shape index (κ1) is 11.3. The van der Waals surface area contributed by atoms with Gasteiger partial charge in [-0.1, -0.05) is 42.0 Å². The second-order valence-electron chi connectivity index (χ2n) is 3.18. The van der Waals surface area contributed by atoms with Gasteiger partial charge in [-0.05, 0) is 12.5 Å². The number of benzene rings is 1. The highest BCUT2D eigenvalue weighted by Gasteiger charge is 1.86. The van der Waals surface area contributed by atoms with Gasteiger partial charge in [-0.3, -0.25) is 0 Å². The summed E-state index contributed by atoms with van der Waals surface area (Å²) in [6.07, 6.45) is 4.34. The number of aryl methyl sites for hydroxylation is 1. The van der Waals surface area contributed by atoms with Gasteiger partial charge in [0.25, 0.3) is 0 Å². The fraction of sp³-hybridized carbons (Fsp3) is 0.333. The van der Waals surface area contributed by atoms with Crippen LogP contribution in [0.1, 0.15) is 11.1 Å². The average Bonchev–Trinajstić information content (AvgIpc) is 2.21. The van der Waals surface area contributed by atoms with Gasteiger partial charge >= 0.3 is 0 Å². The topological polar surface area (TPSA) is 26.0 Å². The average molecular weight is 207 g/mol. The van der Waals surface area contributed by atoms with Crippen LogP contribution in [0.25, 0.3) is 6.08 Å². The van der Waals surface area contributed by atoms with Crippen LogP contribution >= 0.6 is 11.8 Å². The summed E-state index contributed by atoms with van der Waals surface area (Å²) in [7, 11) is 0. The van der Waals surface area contributed by atoms with Gasteiger partial charge in [0.05, 0.1) is 0 Å². The van der Waals surface area contributed by atoms with Crippen LogP contribution in [0.3, 0.4) is 0 Å². The largest absolute Gasteiger partial charge is 0.330 e. The van der Waals surface area contributed by atoms with Gasteiger partial charge in [0.2, 0.25) is 0 Å². The van der Waals surface area contributed by atoms with E-state index in [9.17, 15) is 0 Å². The second kappa shape index (κ2) is 6.68. The van der Waals surface area contributed by atoms with Gasteiger partial charge in [-0.15, -0.1) is 0 Å². The van der Waals surface area contributed by atoms with Crippen LogP contribution in [0.15, 0.2) is 30.3 Å². The molecule has 1 aromatic carbocycles. The zero-order valence-electron chi connectivity index (χ0n) is 8.57. The summed E-state index contributed by atoms with van der Waals surface area (Å²) in [5.41, 5.74) is 7.97. The molecule has 1 nitrogen and oxygen atoms in total. The minimum absolute atomic E-state index is 0.767. The molecular formula is C12H17NS. The van der Waals surface area contributed by atoms with Crippen LogP contribution in [0.2, 0.25) is 0 Å². The third kappa shape index (κ3) is 4.49. The van der Waals surface area contributed by atoms with Crippen molar-refractivity contribution in [1.29, 1.82) is 0 Å². The van der Waals surface area contributed by atoms with Gasteiger partial charge in [0.1, 0.15) is 0 Å². The molecule has 2 N–H and O–H groups in total. The molecule has 0 bridgehead atoms. The van der Waals surface area contributed by atoms with Crippen LogP contribution in [0.5, 0.6) is 0 Å². The maximum Gasteiger partial charge on any atom is 0.0117 e. The molecule has 0 aliphatic rings. The normalized spacial score (nSPS) is 11.0. The first-order chi connectivity index (χ1) is 6.83. The molecule has 0 saturated carbocycles. The predicted molar refractivity (Wildman–Crippen MR) is 66.6 cm³/mol. The molecule has 1 aromatic rings. The molecular weight excluding hydrogens is 190 g/mol. The van der Waals surface area contributed by atoms with Crippen LogP contribution in [-0.4, -0.2) is 18.1 Å². The first-order valence-corrected chi connectivity index (χ1v) is 5.99. The van der Waals surface area contributed by atoms with E-state index in [-0.39, 0.29) is 0 Å². The number of rotatable bonds is 5. The summed E-state index contributed by atoms with van der Waals surface area (Å²) in [5, 5.41) is 0. The molecule has 0 spiro atoms. The quantitative estimate of drug-likeness (QED) is 0.751. The molecule has 0 atom stereocenters. The van der Waals surface area contributed by atoms with Crippen LogP contribution < -0.4 is 5.73 Å². The van der Waals surface area contributed by atoms with E-state index in [0.717, 1.165) is 18.1 Å². The van der Waals surface area contributed by atoms with E-state index in [1.54, 1.807) is 0 Å². The monoisotopic (exact) mass is 207 g/mol. The second-order valence-corrected chi connectivity index (χ2v) is 4.33. The summed E-state index contributed by atoms with van der Waals surface area (Å²) in [6.45, 7) is 2.87. The summed E-state index contributed by atoms with van der Waals surface area (Å²) < 4.78 is 0. The molecule has 76 valence electrons. The van der Waals surface area contributed by atoms with Crippen molar-refractivity contribution in [3.63, 3.8) is 0 Å². The van der Waals surface area contributed by atoms with Crippen molar-refractivity contribution in [2.24, 2.45) is 5.73 Å². The lowest BCUT2D eigenvalue weighted by Crippen LogP contribution is -2.01. The van der Waals surface area contributed by atoms with Crippen molar-refractivity contribution in [2.45, 2.75) is 6.92 Å². The lowest BCUT2D eigenvalue weighted by molar-refractivity contribution is 1.15. The van der Waals surface area contributed by atoms with Crippen LogP contribution in [0.4, 0.5) is 0 Å². The molecule has 0 unspecified atom stereocenters. The first-order valence-electron chi connectivity index (χ1n) is 4.84. The highest BCUT2D eigenvalue weighted by Crippen LogP contribution is 2.06. The molecule has 1 rings (SSSR count). The summed E-state index contributed by atoms with van der Waals surface area (Å²) in [5.74, 6) is 2.09. The SMILES string of the molecule is Cc1ccc(/C=C/CSCCN)cc1. The van der Waals surface area contributed by atoms with Crippen molar-refractivity contribution < 1.29 is 0 Å². The minimum atomic E-state index is 0.767. The standard InChI is InChI=1S/C12H17NS/c1-11-4-6-12(7-5-11)3-2-9-14-10-8-13/h2-7H,8-10,13H2,1H3/b3-2+. The van der Waals surface area contributed by atoms with Crippen molar-refractivity contribution in [2.75, 3.05) is 18.1 Å². The third-order valence-electron chi connectivity index (χ3n) is 1.86. The zero-order chi connectivity index (χ0) is 10.2. The fourth-order valence-corrected chi connectivity index (χ4v) is 1.66. The Labute approximate surface area is 90.4 Å². The molecule has 0 aliphatic carbocycles. The zero-order valence-corrected chi connectivity index (χ0v) is 9.39. The van der Waals surface area contributed by atoms with E-state index in [1.807, 2.05) is 11.8 Å². The van der Waals surface area contributed by atoms with Gasteiger partial charge < -0.3 is 5.73 Å². The van der Waals surface area contributed by atoms with E-state index in [1.165, 1.54) is 11.1 Å². The Balaban J connectivity index is 2.33. The van der Waals surface area contributed by atoms with Crippen LogP contribution in [-0.2, 0) is 0 Å². The Morgan fingerprint density at radius 3 is 2.64 bits per heavy atom. The molecule has 0 saturated heterocycles. The molecule has 2 heteroatoms. The fourth-order valence-electron chi connectivity index (χ4n) is 1.10. The van der Waals surface area contributed by atoms with Gasteiger partial charge in [0, 0.05) is 18.1 Å². The third-order valence-corrected chi connectivity index (χ3v) is 2.82. The molecule has 0 amide bonds. The maximum atomic E-state index is 5.39. The minimum Gasteiger partial charge on any atom is -0.330 e. The molecule has 0 heterocycles. The smallest absolute Gasteiger partial charge is 0.0117 e. The Morgan fingerprint density at radius 1 is 1.29 bits per heavy atom. The Bertz CT molecular complexity index is 277. The Kier molecular flexibility index (Phi) is 5.42. The highest BCUT2D eigenvalue weighted by molar-refractivity contribution is 7.99. The van der Waals surface area contributed by atoms with Crippen molar-refractivity contribution in [3.8, 4) is 0 Å². The highest BCUT2D eigenvalue weighted by atomic mass is 32.2. The van der Waals surface area contributed by atoms with Gasteiger partial charge in [-0.25, -0.2) is 0 Å². The summed E-state index contributed by atoms with van der Waals surface area (Å²) >= 11 is 1.86. The van der Waals surface area contributed by atoms with E-state index in [4.69, 9.17) is 5.73 Å². The summed E-state index contributed by atoms with van der Waals surface area (Å²) in [4.78, 5) is 0. The number of thioether (sulfide) groups is 1. The van der Waals surface area contributed by atoms with Gasteiger partial charge in [0.15, 0.2) is 0 Å². The summed E-state index contributed by atoms with van der Waals surface area (Å²) in [6, 6.07) is 8.54. The van der Waals surface area contributed by atoms with Crippen molar-refractivity contribution >= 4 is 17.8 Å². The van der Waals surface area contributed by atoms with Crippen molar-refractivity contribution in [1.82, 2.24) is 0 Å². The molecule has 0 aromatic heterocycles. The number of nitrogens with two attached hydrogens (primary N) is 1. The van der Waals surface area contributed by atoms with Crippen LogP contribution in [0, 0.1) is 6.92 Å². The maximum absolute atomic E-state index is 5.39. The Morgan fingerprint density at radius 2 is 2.00 bits per heavy atom. The molecule has 0 aliphatic heterocycles.